The Balaban J connectivity index is 1.88. The van der Waals surface area contributed by atoms with Crippen LogP contribution in [-0.4, -0.2) is 10.8 Å². The van der Waals surface area contributed by atoms with Gasteiger partial charge in [-0.25, -0.2) is 4.79 Å². The Hall–Kier alpha value is -2.31. The highest BCUT2D eigenvalue weighted by Crippen LogP contribution is 2.46. The van der Waals surface area contributed by atoms with Crippen molar-refractivity contribution in [3.05, 3.63) is 86.4 Å². The van der Waals surface area contributed by atoms with Crippen molar-refractivity contribution in [1.82, 2.24) is 0 Å². The van der Waals surface area contributed by atoms with Crippen LogP contribution in [-0.2, 0) is 0 Å². The van der Waals surface area contributed by atoms with E-state index in [1.807, 2.05) is 36.4 Å². The van der Waals surface area contributed by atoms with E-state index >= 15 is 0 Å². The second-order valence-electron chi connectivity index (χ2n) is 6.30. The lowest BCUT2D eigenvalue weighted by molar-refractivity contribution is 0.432. The number of thioether (sulfide) groups is 1. The van der Waals surface area contributed by atoms with Gasteiger partial charge in [-0.1, -0.05) is 40.2 Å². The molecule has 4 nitrogen and oxygen atoms in total. The molecule has 0 unspecified atom stereocenters. The molecule has 1 atom stereocenters. The highest BCUT2D eigenvalue weighted by Gasteiger charge is 2.26. The molecule has 1 N–H and O–H groups in total. The zero-order valence-electron chi connectivity index (χ0n) is 14.5. The largest absolute Gasteiger partial charge is 0.507 e. The van der Waals surface area contributed by atoms with E-state index in [2.05, 4.69) is 28.1 Å². The third kappa shape index (κ3) is 3.73. The topological polar surface area (TPSA) is 62.8 Å². The van der Waals surface area contributed by atoms with E-state index < -0.39 is 5.63 Å². The molecule has 2 aromatic carbocycles. The molecule has 6 heteroatoms. The van der Waals surface area contributed by atoms with Crippen molar-refractivity contribution in [2.75, 3.05) is 0 Å². The van der Waals surface area contributed by atoms with Gasteiger partial charge < -0.3 is 9.52 Å². The summed E-state index contributed by atoms with van der Waals surface area (Å²) in [5.74, 6) is 0.272. The van der Waals surface area contributed by atoms with Gasteiger partial charge in [0.15, 0.2) is 0 Å². The van der Waals surface area contributed by atoms with Crippen LogP contribution in [0.3, 0.4) is 0 Å². The fourth-order valence-corrected chi connectivity index (χ4v) is 4.76. The van der Waals surface area contributed by atoms with Crippen LogP contribution in [0.25, 0.3) is 0 Å². The summed E-state index contributed by atoms with van der Waals surface area (Å²) >= 11 is 5.23. The number of rotatable bonds is 2. The van der Waals surface area contributed by atoms with Crippen LogP contribution in [0.4, 0.5) is 5.69 Å². The van der Waals surface area contributed by atoms with Crippen LogP contribution in [0.1, 0.15) is 28.6 Å². The Bertz CT molecular complexity index is 1110. The standard InChI is InChI=1S/C21H16BrNO3S/c1-12-9-17(24)20(21(25)26-12)16-11-19(13-5-4-6-14(22)10-13)27-18-8-3-2-7-15(18)23-16/h2-10,19,24H,11H2,1H3/t19-/m1/s1. The van der Waals surface area contributed by atoms with Crippen molar-refractivity contribution in [3.63, 3.8) is 0 Å². The van der Waals surface area contributed by atoms with E-state index in [1.165, 1.54) is 6.07 Å². The van der Waals surface area contributed by atoms with Crippen molar-refractivity contribution in [2.24, 2.45) is 4.99 Å². The molecule has 0 spiro atoms. The minimum Gasteiger partial charge on any atom is -0.507 e. The molecule has 4 rings (SSSR count). The van der Waals surface area contributed by atoms with E-state index in [4.69, 9.17) is 9.41 Å². The lowest BCUT2D eigenvalue weighted by atomic mass is 10.0. The van der Waals surface area contributed by atoms with Gasteiger partial charge in [0.2, 0.25) is 0 Å². The quantitative estimate of drug-likeness (QED) is 0.547. The number of aromatic hydroxyl groups is 1. The van der Waals surface area contributed by atoms with Crippen molar-refractivity contribution < 1.29 is 9.52 Å². The molecule has 1 aliphatic heterocycles. The molecule has 1 aliphatic rings. The number of aliphatic imine (C=N–C) groups is 1. The lowest BCUT2D eigenvalue weighted by Gasteiger charge is -2.16. The number of aryl methyl sites for hydroxylation is 1. The average Bonchev–Trinajstić information content (AvgIpc) is 2.80. The summed E-state index contributed by atoms with van der Waals surface area (Å²) in [5, 5.41) is 10.5. The van der Waals surface area contributed by atoms with E-state index in [0.717, 1.165) is 20.6 Å². The molecule has 136 valence electrons. The summed E-state index contributed by atoms with van der Waals surface area (Å²) in [4.78, 5) is 18.2. The Morgan fingerprint density at radius 1 is 1.19 bits per heavy atom. The molecule has 27 heavy (non-hydrogen) atoms. The summed E-state index contributed by atoms with van der Waals surface area (Å²) in [7, 11) is 0. The van der Waals surface area contributed by atoms with E-state index in [-0.39, 0.29) is 16.6 Å². The Morgan fingerprint density at radius 3 is 2.78 bits per heavy atom. The lowest BCUT2D eigenvalue weighted by Crippen LogP contribution is -2.16. The smallest absolute Gasteiger partial charge is 0.348 e. The first-order valence-electron chi connectivity index (χ1n) is 8.44. The van der Waals surface area contributed by atoms with E-state index in [9.17, 15) is 9.90 Å². The number of halogens is 1. The molecule has 0 bridgehead atoms. The van der Waals surface area contributed by atoms with Crippen LogP contribution in [0.5, 0.6) is 5.75 Å². The maximum atomic E-state index is 12.5. The number of hydrogen-bond acceptors (Lipinski definition) is 5. The molecular formula is C21H16BrNO3S. The van der Waals surface area contributed by atoms with E-state index in [1.54, 1.807) is 18.7 Å². The fraction of sp³-hybridized carbons (Fsp3) is 0.143. The van der Waals surface area contributed by atoms with Crippen LogP contribution in [0.2, 0.25) is 0 Å². The zero-order chi connectivity index (χ0) is 19.0. The fourth-order valence-electron chi connectivity index (χ4n) is 3.12. The number of fused-ring (bicyclic) bond motifs is 1. The average molecular weight is 442 g/mol. The summed E-state index contributed by atoms with van der Waals surface area (Å²) in [6.07, 6.45) is 0.497. The maximum absolute atomic E-state index is 12.5. The van der Waals surface area contributed by atoms with Gasteiger partial charge in [-0.3, -0.25) is 4.99 Å². The van der Waals surface area contributed by atoms with Gasteiger partial charge in [-0.2, -0.15) is 0 Å². The first kappa shape index (κ1) is 18.1. The Kier molecular flexibility index (Phi) is 4.93. The molecule has 0 fully saturated rings. The number of para-hydroxylation sites is 1. The first-order valence-corrected chi connectivity index (χ1v) is 10.1. The van der Waals surface area contributed by atoms with Gasteiger partial charge in [-0.05, 0) is 36.8 Å². The molecule has 2 heterocycles. The van der Waals surface area contributed by atoms with Gasteiger partial charge in [0, 0.05) is 27.1 Å². The van der Waals surface area contributed by atoms with Crippen molar-refractivity contribution in [1.29, 1.82) is 0 Å². The molecule has 0 saturated carbocycles. The highest BCUT2D eigenvalue weighted by atomic mass is 79.9. The predicted octanol–water partition coefficient (Wildman–Crippen LogP) is 5.77. The minimum atomic E-state index is -0.566. The van der Waals surface area contributed by atoms with Crippen molar-refractivity contribution in [2.45, 2.75) is 23.5 Å². The van der Waals surface area contributed by atoms with E-state index in [0.29, 0.717) is 17.9 Å². The molecule has 0 amide bonds. The second-order valence-corrected chi connectivity index (χ2v) is 8.46. The van der Waals surface area contributed by atoms with Crippen LogP contribution in [0.15, 0.2) is 78.2 Å². The molecule has 1 aromatic heterocycles. The molecular weight excluding hydrogens is 426 g/mol. The number of hydrogen-bond donors (Lipinski definition) is 1. The first-order chi connectivity index (χ1) is 13.0. The Morgan fingerprint density at radius 2 is 2.00 bits per heavy atom. The molecule has 0 radical (unpaired) electrons. The monoisotopic (exact) mass is 441 g/mol. The normalized spacial score (nSPS) is 16.4. The SMILES string of the molecule is Cc1cc(O)c(C2=Nc3ccccc3S[C@@H](c3cccc(Br)c3)C2)c(=O)o1. The number of benzene rings is 2. The van der Waals surface area contributed by atoms with Gasteiger partial charge in [0.05, 0.1) is 11.4 Å². The predicted molar refractivity (Wildman–Crippen MR) is 111 cm³/mol. The second kappa shape index (κ2) is 7.37. The summed E-state index contributed by atoms with van der Waals surface area (Å²) in [6.45, 7) is 1.63. The highest BCUT2D eigenvalue weighted by molar-refractivity contribution is 9.10. The zero-order valence-corrected chi connectivity index (χ0v) is 16.9. The minimum absolute atomic E-state index is 0.0463. The summed E-state index contributed by atoms with van der Waals surface area (Å²) in [6, 6.07) is 17.4. The van der Waals surface area contributed by atoms with Gasteiger partial charge in [0.1, 0.15) is 17.1 Å². The Labute approximate surface area is 169 Å². The number of nitrogens with zero attached hydrogens (tertiary/aromatic N) is 1. The third-order valence-electron chi connectivity index (χ3n) is 4.33. The van der Waals surface area contributed by atoms with Crippen molar-refractivity contribution in [3.8, 4) is 5.75 Å². The van der Waals surface area contributed by atoms with Gasteiger partial charge in [-0.15, -0.1) is 11.8 Å². The molecule has 3 aromatic rings. The third-order valence-corrected chi connectivity index (χ3v) is 6.15. The van der Waals surface area contributed by atoms with Gasteiger partial charge in [0.25, 0.3) is 0 Å². The molecule has 0 saturated heterocycles. The summed E-state index contributed by atoms with van der Waals surface area (Å²) < 4.78 is 6.22. The molecule has 0 aliphatic carbocycles. The van der Waals surface area contributed by atoms with Crippen LogP contribution in [0, 0.1) is 6.92 Å². The van der Waals surface area contributed by atoms with Crippen LogP contribution >= 0.6 is 27.7 Å². The maximum Gasteiger partial charge on any atom is 0.348 e. The van der Waals surface area contributed by atoms with Crippen LogP contribution < -0.4 is 5.63 Å². The summed E-state index contributed by atoms with van der Waals surface area (Å²) in [5.41, 5.74) is 2.01. The van der Waals surface area contributed by atoms with Gasteiger partial charge >= 0.3 is 5.63 Å². The van der Waals surface area contributed by atoms with Crippen molar-refractivity contribution >= 4 is 39.1 Å².